The maximum Gasteiger partial charge on any atom is 0.491 e. The Morgan fingerprint density at radius 1 is 1.04 bits per heavy atom. The Balaban J connectivity index is 2.56. The molecule has 26 heavy (non-hydrogen) atoms. The summed E-state index contributed by atoms with van der Waals surface area (Å²) in [5, 5.41) is 8.72. The molecule has 1 fully saturated rings. The molecule has 1 N–H and O–H groups in total. The van der Waals surface area contributed by atoms with Crippen molar-refractivity contribution in [2.45, 2.75) is 38.9 Å². The van der Waals surface area contributed by atoms with E-state index in [4.69, 9.17) is 14.4 Å². The highest BCUT2D eigenvalue weighted by molar-refractivity contribution is 7.80. The van der Waals surface area contributed by atoms with Gasteiger partial charge in [0.05, 0.1) is 16.8 Å². The molecule has 0 saturated carbocycles. The van der Waals surface area contributed by atoms with E-state index in [9.17, 15) is 22.4 Å². The highest BCUT2D eigenvalue weighted by Crippen LogP contribution is 2.39. The van der Waals surface area contributed by atoms with Gasteiger partial charge in [-0.2, -0.15) is 12.6 Å². The number of halogens is 4. The molecule has 1 aromatic carbocycles. The second kappa shape index (κ2) is 6.90. The third-order valence-corrected chi connectivity index (χ3v) is 4.94. The molecule has 142 valence electrons. The molecule has 0 aliphatic carbocycles. The third kappa shape index (κ3) is 3.37. The molecule has 0 aromatic heterocycles. The van der Waals surface area contributed by atoms with E-state index in [1.807, 2.05) is 0 Å². The van der Waals surface area contributed by atoms with Crippen LogP contribution in [0, 0.1) is 23.3 Å². The van der Waals surface area contributed by atoms with Crippen molar-refractivity contribution in [2.24, 2.45) is 0 Å². The first-order valence-corrected chi connectivity index (χ1v) is 8.23. The molecule has 1 aromatic rings. The number of benzene rings is 1. The summed E-state index contributed by atoms with van der Waals surface area (Å²) >= 11 is 4.05. The standard InChI is InChI=1S/C16H17BF4O4S/c1-15(2)16(3,4)25-17(24-15)7(6-26)5-8-10(18)12(20)9(14(22)23)13(21)11(8)19/h5,26H,6H2,1-4H3,(H,22,23). The van der Waals surface area contributed by atoms with Crippen LogP contribution >= 0.6 is 12.6 Å². The van der Waals surface area contributed by atoms with Crippen LogP contribution in [-0.4, -0.2) is 35.1 Å². The fourth-order valence-corrected chi connectivity index (χ4v) is 2.57. The molecule has 0 spiro atoms. The summed E-state index contributed by atoms with van der Waals surface area (Å²) in [6.45, 7) is 7.02. The van der Waals surface area contributed by atoms with Crippen molar-refractivity contribution in [1.82, 2.24) is 0 Å². The van der Waals surface area contributed by atoms with Gasteiger partial charge in [-0.3, -0.25) is 0 Å². The second-order valence-electron chi connectivity index (χ2n) is 6.82. The lowest BCUT2D eigenvalue weighted by atomic mass is 9.78. The number of rotatable bonds is 4. The minimum absolute atomic E-state index is 0.0837. The van der Waals surface area contributed by atoms with Crippen molar-refractivity contribution in [1.29, 1.82) is 0 Å². The zero-order chi connectivity index (χ0) is 20.0. The molecule has 1 aliphatic heterocycles. The Labute approximate surface area is 153 Å². The van der Waals surface area contributed by atoms with Gasteiger partial charge in [0.15, 0.2) is 23.3 Å². The second-order valence-corrected chi connectivity index (χ2v) is 7.13. The lowest BCUT2D eigenvalue weighted by molar-refractivity contribution is 0.00578. The highest BCUT2D eigenvalue weighted by atomic mass is 32.1. The molecule has 0 unspecified atom stereocenters. The van der Waals surface area contributed by atoms with Gasteiger partial charge >= 0.3 is 13.1 Å². The van der Waals surface area contributed by atoms with Crippen molar-refractivity contribution in [3.63, 3.8) is 0 Å². The Hall–Kier alpha value is -1.52. The van der Waals surface area contributed by atoms with Gasteiger partial charge in [-0.1, -0.05) is 6.08 Å². The van der Waals surface area contributed by atoms with Crippen LogP contribution in [0.4, 0.5) is 17.6 Å². The molecule has 1 heterocycles. The zero-order valence-corrected chi connectivity index (χ0v) is 15.4. The summed E-state index contributed by atoms with van der Waals surface area (Å²) < 4.78 is 67.5. The molecule has 0 bridgehead atoms. The smallest absolute Gasteiger partial charge is 0.477 e. The summed E-state index contributed by atoms with van der Waals surface area (Å²) in [6, 6.07) is 0. The lowest BCUT2D eigenvalue weighted by Crippen LogP contribution is -2.41. The number of carboxylic acids is 1. The summed E-state index contributed by atoms with van der Waals surface area (Å²) in [5.74, 6) is -9.83. The van der Waals surface area contributed by atoms with E-state index in [1.165, 1.54) is 0 Å². The van der Waals surface area contributed by atoms with Gasteiger partial charge in [-0.25, -0.2) is 22.4 Å². The molecule has 1 saturated heterocycles. The van der Waals surface area contributed by atoms with Crippen LogP contribution in [0.3, 0.4) is 0 Å². The average molecular weight is 392 g/mol. The van der Waals surface area contributed by atoms with E-state index in [-0.39, 0.29) is 11.2 Å². The van der Waals surface area contributed by atoms with Gasteiger partial charge in [0.1, 0.15) is 5.56 Å². The first kappa shape index (κ1) is 20.8. The number of carboxylic acid groups (broad SMARTS) is 1. The predicted molar refractivity (Wildman–Crippen MR) is 91.1 cm³/mol. The van der Waals surface area contributed by atoms with Crippen LogP contribution in [-0.2, 0) is 9.31 Å². The van der Waals surface area contributed by atoms with Crippen molar-refractivity contribution in [3.05, 3.63) is 39.9 Å². The van der Waals surface area contributed by atoms with E-state index in [0.29, 0.717) is 0 Å². The lowest BCUT2D eigenvalue weighted by Gasteiger charge is -2.32. The summed E-state index contributed by atoms with van der Waals surface area (Å²) in [7, 11) is -1.04. The molecular weight excluding hydrogens is 375 g/mol. The Morgan fingerprint density at radius 3 is 1.81 bits per heavy atom. The zero-order valence-electron chi connectivity index (χ0n) is 14.5. The van der Waals surface area contributed by atoms with Gasteiger partial charge in [0, 0.05) is 5.75 Å². The fourth-order valence-electron chi connectivity index (χ4n) is 2.33. The topological polar surface area (TPSA) is 55.8 Å². The van der Waals surface area contributed by atoms with Crippen molar-refractivity contribution >= 4 is 31.8 Å². The van der Waals surface area contributed by atoms with E-state index < -0.39 is 58.7 Å². The van der Waals surface area contributed by atoms with Crippen molar-refractivity contribution in [3.8, 4) is 0 Å². The Kier molecular flexibility index (Phi) is 5.52. The average Bonchev–Trinajstić information content (AvgIpc) is 2.73. The van der Waals surface area contributed by atoms with E-state index in [2.05, 4.69) is 12.6 Å². The first-order valence-electron chi connectivity index (χ1n) is 7.60. The molecule has 1 aliphatic rings. The van der Waals surface area contributed by atoms with Gasteiger partial charge in [0.25, 0.3) is 0 Å². The minimum Gasteiger partial charge on any atom is -0.477 e. The first-order chi connectivity index (χ1) is 11.8. The van der Waals surface area contributed by atoms with E-state index >= 15 is 0 Å². The fraction of sp³-hybridized carbons (Fsp3) is 0.438. The number of aromatic carboxylic acids is 1. The summed E-state index contributed by atoms with van der Waals surface area (Å²) in [4.78, 5) is 10.8. The predicted octanol–water partition coefficient (Wildman–Crippen LogP) is 3.89. The molecular formula is C16H17BF4O4S. The number of thiol groups is 1. The van der Waals surface area contributed by atoms with Gasteiger partial charge in [0.2, 0.25) is 0 Å². The van der Waals surface area contributed by atoms with Crippen LogP contribution in [0.2, 0.25) is 0 Å². The normalized spacial score (nSPS) is 19.1. The number of carbonyl (C=O) groups is 1. The Morgan fingerprint density at radius 2 is 1.46 bits per heavy atom. The van der Waals surface area contributed by atoms with Gasteiger partial charge < -0.3 is 14.4 Å². The van der Waals surface area contributed by atoms with Crippen LogP contribution in [0.25, 0.3) is 6.08 Å². The SMILES string of the molecule is CC1(C)OB(C(=Cc2c(F)c(F)c(C(=O)O)c(F)c2F)CS)OC1(C)C. The summed E-state index contributed by atoms with van der Waals surface area (Å²) in [5.41, 5.74) is -4.14. The van der Waals surface area contributed by atoms with Crippen LogP contribution < -0.4 is 0 Å². The van der Waals surface area contributed by atoms with Gasteiger partial charge in [-0.15, -0.1) is 0 Å². The van der Waals surface area contributed by atoms with Crippen LogP contribution in [0.15, 0.2) is 5.47 Å². The molecule has 2 rings (SSSR count). The van der Waals surface area contributed by atoms with Gasteiger partial charge in [-0.05, 0) is 33.2 Å². The maximum absolute atomic E-state index is 14.2. The van der Waals surface area contributed by atoms with E-state index in [0.717, 1.165) is 6.08 Å². The van der Waals surface area contributed by atoms with Crippen molar-refractivity contribution < 1.29 is 36.8 Å². The number of hydrogen-bond acceptors (Lipinski definition) is 4. The Bertz CT molecular complexity index is 750. The molecule has 10 heteroatoms. The third-order valence-electron chi connectivity index (χ3n) is 4.58. The maximum atomic E-state index is 14.2. The van der Waals surface area contributed by atoms with Crippen LogP contribution in [0.5, 0.6) is 0 Å². The monoisotopic (exact) mass is 392 g/mol. The van der Waals surface area contributed by atoms with Crippen LogP contribution in [0.1, 0.15) is 43.6 Å². The highest BCUT2D eigenvalue weighted by Gasteiger charge is 2.52. The largest absolute Gasteiger partial charge is 0.491 e. The quantitative estimate of drug-likeness (QED) is 0.354. The summed E-state index contributed by atoms with van der Waals surface area (Å²) in [6.07, 6.45) is 0.817. The molecule has 0 amide bonds. The van der Waals surface area contributed by atoms with E-state index in [1.54, 1.807) is 27.7 Å². The molecule has 0 atom stereocenters. The minimum atomic E-state index is -2.12. The molecule has 0 radical (unpaired) electrons. The number of hydrogen-bond donors (Lipinski definition) is 2. The van der Waals surface area contributed by atoms with Crippen molar-refractivity contribution in [2.75, 3.05) is 5.75 Å². The molecule has 4 nitrogen and oxygen atoms in total.